The molecule has 3 saturated carbocycles. The van der Waals surface area contributed by atoms with Crippen LogP contribution in [0.25, 0.3) is 0 Å². The van der Waals surface area contributed by atoms with Crippen molar-refractivity contribution < 1.29 is 15.3 Å². The molecule has 0 bridgehead atoms. The molecule has 22 heavy (non-hydrogen) atoms. The molecule has 0 aromatic rings. The highest BCUT2D eigenvalue weighted by atomic mass is 16.3. The fourth-order valence-electron chi connectivity index (χ4n) is 6.62. The van der Waals surface area contributed by atoms with E-state index >= 15 is 0 Å². The number of aliphatic hydroxyl groups is 3. The summed E-state index contributed by atoms with van der Waals surface area (Å²) in [6.07, 6.45) is 8.84. The van der Waals surface area contributed by atoms with Gasteiger partial charge in [0.2, 0.25) is 0 Å². The Morgan fingerprint density at radius 2 is 1.73 bits per heavy atom. The first-order valence-electron chi connectivity index (χ1n) is 9.11. The summed E-state index contributed by atoms with van der Waals surface area (Å²) in [5, 5.41) is 32.2. The van der Waals surface area contributed by atoms with Gasteiger partial charge in [-0.05, 0) is 68.6 Å². The number of hydrogen-bond acceptors (Lipinski definition) is 3. The molecule has 124 valence electrons. The van der Waals surface area contributed by atoms with E-state index in [1.807, 2.05) is 6.08 Å². The van der Waals surface area contributed by atoms with Gasteiger partial charge in [0.05, 0.1) is 17.8 Å². The fourth-order valence-corrected chi connectivity index (χ4v) is 6.62. The Morgan fingerprint density at radius 1 is 0.955 bits per heavy atom. The third-order valence-corrected chi connectivity index (χ3v) is 8.23. The highest BCUT2D eigenvalue weighted by Crippen LogP contribution is 2.67. The molecule has 0 aromatic heterocycles. The van der Waals surface area contributed by atoms with Crippen LogP contribution in [0.2, 0.25) is 0 Å². The third-order valence-electron chi connectivity index (χ3n) is 8.23. The van der Waals surface area contributed by atoms with Crippen LogP contribution in [0.4, 0.5) is 0 Å². The van der Waals surface area contributed by atoms with Gasteiger partial charge in [0.15, 0.2) is 0 Å². The first-order valence-corrected chi connectivity index (χ1v) is 9.11. The highest BCUT2D eigenvalue weighted by molar-refractivity contribution is 5.30. The van der Waals surface area contributed by atoms with Gasteiger partial charge < -0.3 is 15.3 Å². The van der Waals surface area contributed by atoms with Crippen LogP contribution in [0.15, 0.2) is 11.6 Å². The Labute approximate surface area is 133 Å². The van der Waals surface area contributed by atoms with E-state index in [4.69, 9.17) is 0 Å². The molecule has 0 radical (unpaired) electrons. The summed E-state index contributed by atoms with van der Waals surface area (Å²) >= 11 is 0. The molecule has 3 fully saturated rings. The van der Waals surface area contributed by atoms with E-state index in [1.165, 1.54) is 5.57 Å². The van der Waals surface area contributed by atoms with Gasteiger partial charge >= 0.3 is 0 Å². The van der Waals surface area contributed by atoms with Crippen LogP contribution in [0.5, 0.6) is 0 Å². The summed E-state index contributed by atoms with van der Waals surface area (Å²) in [5.74, 6) is 0.757. The Hall–Kier alpha value is -0.380. The average Bonchev–Trinajstić information content (AvgIpc) is 2.77. The van der Waals surface area contributed by atoms with E-state index in [1.54, 1.807) is 0 Å². The van der Waals surface area contributed by atoms with Gasteiger partial charge in [0.25, 0.3) is 0 Å². The van der Waals surface area contributed by atoms with Crippen LogP contribution in [0.1, 0.15) is 65.2 Å². The number of rotatable bonds is 0. The largest absolute Gasteiger partial charge is 0.393 e. The minimum atomic E-state index is -0.647. The standard InChI is InChI=1S/C19H30O3/c1-17-9-10-19(22)15(14(17)5-6-16(17)21)4-3-12-11-13(20)7-8-18(12,19)2/h11,13-16,20-22H,3-10H2,1-2H3/t13-,14-,15-,16-,17-,18-,19+/m0/s1. The third kappa shape index (κ3) is 1.68. The molecule has 4 aliphatic rings. The molecule has 0 aromatic carbocycles. The van der Waals surface area contributed by atoms with E-state index in [-0.39, 0.29) is 23.0 Å². The quantitative estimate of drug-likeness (QED) is 0.603. The zero-order chi connectivity index (χ0) is 15.8. The van der Waals surface area contributed by atoms with Gasteiger partial charge in [-0.25, -0.2) is 0 Å². The summed E-state index contributed by atoms with van der Waals surface area (Å²) in [5.41, 5.74) is 0.463. The van der Waals surface area contributed by atoms with Crippen molar-refractivity contribution in [3.63, 3.8) is 0 Å². The molecule has 0 amide bonds. The van der Waals surface area contributed by atoms with Crippen LogP contribution < -0.4 is 0 Å². The molecule has 3 heteroatoms. The molecule has 0 spiro atoms. The zero-order valence-electron chi connectivity index (χ0n) is 13.9. The zero-order valence-corrected chi connectivity index (χ0v) is 13.9. The Balaban J connectivity index is 1.74. The van der Waals surface area contributed by atoms with E-state index < -0.39 is 5.60 Å². The van der Waals surface area contributed by atoms with Gasteiger partial charge in [-0.15, -0.1) is 0 Å². The second-order valence-electron chi connectivity index (χ2n) is 8.90. The summed E-state index contributed by atoms with van der Waals surface area (Å²) in [7, 11) is 0. The molecule has 4 aliphatic carbocycles. The molecule has 0 aliphatic heterocycles. The molecule has 3 N–H and O–H groups in total. The number of fused-ring (bicyclic) bond motifs is 5. The summed E-state index contributed by atoms with van der Waals surface area (Å²) in [6, 6.07) is 0. The minimum absolute atomic E-state index is 0.00263. The van der Waals surface area contributed by atoms with Crippen LogP contribution in [0, 0.1) is 22.7 Å². The predicted octanol–water partition coefficient (Wildman–Crippen LogP) is 2.79. The maximum atomic E-state index is 11.8. The molecular weight excluding hydrogens is 276 g/mol. The van der Waals surface area contributed by atoms with Crippen molar-refractivity contribution in [2.75, 3.05) is 0 Å². The lowest BCUT2D eigenvalue weighted by atomic mass is 9.45. The Bertz CT molecular complexity index is 515. The van der Waals surface area contributed by atoms with Crippen molar-refractivity contribution in [3.8, 4) is 0 Å². The Kier molecular flexibility index (Phi) is 3.16. The van der Waals surface area contributed by atoms with Gasteiger partial charge in [0, 0.05) is 5.41 Å². The van der Waals surface area contributed by atoms with Crippen molar-refractivity contribution in [1.29, 1.82) is 0 Å². The topological polar surface area (TPSA) is 60.7 Å². The molecule has 0 heterocycles. The van der Waals surface area contributed by atoms with Crippen LogP contribution >= 0.6 is 0 Å². The second-order valence-corrected chi connectivity index (χ2v) is 8.90. The molecule has 0 unspecified atom stereocenters. The van der Waals surface area contributed by atoms with Crippen molar-refractivity contribution in [1.82, 2.24) is 0 Å². The number of aliphatic hydroxyl groups excluding tert-OH is 2. The molecule has 7 atom stereocenters. The van der Waals surface area contributed by atoms with E-state index in [0.717, 1.165) is 51.4 Å². The highest BCUT2D eigenvalue weighted by Gasteiger charge is 2.65. The first kappa shape index (κ1) is 15.2. The lowest BCUT2D eigenvalue weighted by Gasteiger charge is -2.62. The van der Waals surface area contributed by atoms with E-state index in [2.05, 4.69) is 13.8 Å². The maximum absolute atomic E-state index is 11.8. The van der Waals surface area contributed by atoms with E-state index in [9.17, 15) is 15.3 Å². The lowest BCUT2D eigenvalue weighted by molar-refractivity contribution is -0.197. The summed E-state index contributed by atoms with van der Waals surface area (Å²) in [6.45, 7) is 4.47. The van der Waals surface area contributed by atoms with Gasteiger partial charge in [-0.3, -0.25) is 0 Å². The number of hydrogen-bond donors (Lipinski definition) is 3. The maximum Gasteiger partial charge on any atom is 0.0769 e. The molecule has 3 nitrogen and oxygen atoms in total. The second kappa shape index (κ2) is 4.58. The summed E-state index contributed by atoms with van der Waals surface area (Å²) in [4.78, 5) is 0. The average molecular weight is 306 g/mol. The van der Waals surface area contributed by atoms with Crippen LogP contribution in [-0.2, 0) is 0 Å². The summed E-state index contributed by atoms with van der Waals surface area (Å²) < 4.78 is 0. The van der Waals surface area contributed by atoms with Crippen molar-refractivity contribution >= 4 is 0 Å². The van der Waals surface area contributed by atoms with Crippen LogP contribution in [0.3, 0.4) is 0 Å². The molecular formula is C19H30O3. The smallest absolute Gasteiger partial charge is 0.0769 e. The van der Waals surface area contributed by atoms with Gasteiger partial charge in [-0.2, -0.15) is 0 Å². The van der Waals surface area contributed by atoms with Crippen molar-refractivity contribution in [3.05, 3.63) is 11.6 Å². The van der Waals surface area contributed by atoms with Gasteiger partial charge in [-0.1, -0.05) is 25.5 Å². The van der Waals surface area contributed by atoms with Crippen molar-refractivity contribution in [2.45, 2.75) is 83.0 Å². The SMILES string of the molecule is C[C@]12CC[C@@]3(O)[C@@H](CCC4=C[C@@H](O)CC[C@@]43C)[C@@H]1CC[C@@H]2O. The predicted molar refractivity (Wildman–Crippen MR) is 85.2 cm³/mol. The van der Waals surface area contributed by atoms with Crippen LogP contribution in [-0.4, -0.2) is 33.1 Å². The monoisotopic (exact) mass is 306 g/mol. The lowest BCUT2D eigenvalue weighted by Crippen LogP contribution is -2.63. The fraction of sp³-hybridized carbons (Fsp3) is 0.895. The minimum Gasteiger partial charge on any atom is -0.393 e. The molecule has 4 rings (SSSR count). The normalized spacial score (nSPS) is 57.6. The van der Waals surface area contributed by atoms with Crippen molar-refractivity contribution in [2.24, 2.45) is 22.7 Å². The molecule has 0 saturated heterocycles. The first-order chi connectivity index (χ1) is 10.3. The van der Waals surface area contributed by atoms with Gasteiger partial charge in [0.1, 0.15) is 0 Å². The Morgan fingerprint density at radius 3 is 2.50 bits per heavy atom. The van der Waals surface area contributed by atoms with E-state index in [0.29, 0.717) is 11.8 Å².